The Bertz CT molecular complexity index is 1040. The van der Waals surface area contributed by atoms with Crippen LogP contribution in [0.25, 0.3) is 5.65 Å². The summed E-state index contributed by atoms with van der Waals surface area (Å²) in [6.07, 6.45) is 5.66. The van der Waals surface area contributed by atoms with Gasteiger partial charge in [0.05, 0.1) is 5.69 Å². The average Bonchev–Trinajstić information content (AvgIpc) is 3.31. The van der Waals surface area contributed by atoms with Crippen molar-refractivity contribution < 1.29 is 4.74 Å². The first-order valence-electron chi connectivity index (χ1n) is 9.05. The van der Waals surface area contributed by atoms with Gasteiger partial charge in [-0.3, -0.25) is 4.57 Å². The van der Waals surface area contributed by atoms with Crippen LogP contribution in [0.5, 0.6) is 5.75 Å². The number of pyridine rings is 1. The predicted octanol–water partition coefficient (Wildman–Crippen LogP) is 4.54. The van der Waals surface area contributed by atoms with Gasteiger partial charge in [0.25, 0.3) is 0 Å². The number of ether oxygens (including phenoxy) is 1. The molecule has 0 radical (unpaired) electrons. The standard InChI is InChI=1S/C21H21N5OS/c1-3-12-26-20(16(2)27-18-9-5-4-6-10-18)23-24-21(26)28-15-17-14-25-13-8-7-11-19(25)22-17/h3-11,13-14,16H,1,12,15H2,2H3. The number of hydrogen-bond donors (Lipinski definition) is 0. The van der Waals surface area contributed by atoms with Gasteiger partial charge in [0.1, 0.15) is 11.4 Å². The molecule has 0 fully saturated rings. The number of hydrogen-bond acceptors (Lipinski definition) is 5. The van der Waals surface area contributed by atoms with Gasteiger partial charge in [0.15, 0.2) is 17.1 Å². The summed E-state index contributed by atoms with van der Waals surface area (Å²) < 4.78 is 10.1. The summed E-state index contributed by atoms with van der Waals surface area (Å²) in [6.45, 7) is 6.47. The van der Waals surface area contributed by atoms with Crippen LogP contribution >= 0.6 is 11.8 Å². The zero-order chi connectivity index (χ0) is 19.3. The molecule has 142 valence electrons. The topological polar surface area (TPSA) is 57.2 Å². The second-order valence-electron chi connectivity index (χ2n) is 6.30. The highest BCUT2D eigenvalue weighted by atomic mass is 32.2. The fraction of sp³-hybridized carbons (Fsp3) is 0.190. The van der Waals surface area contributed by atoms with Crippen LogP contribution < -0.4 is 4.74 Å². The molecular weight excluding hydrogens is 370 g/mol. The molecule has 1 atom stereocenters. The molecule has 3 aromatic heterocycles. The highest BCUT2D eigenvalue weighted by Crippen LogP contribution is 2.26. The van der Waals surface area contributed by atoms with Crippen LogP contribution in [0.3, 0.4) is 0 Å². The van der Waals surface area contributed by atoms with Crippen molar-refractivity contribution in [2.24, 2.45) is 0 Å². The molecule has 0 N–H and O–H groups in total. The van der Waals surface area contributed by atoms with Crippen LogP contribution in [0.4, 0.5) is 0 Å². The molecule has 0 aliphatic rings. The maximum atomic E-state index is 6.02. The Kier molecular flexibility index (Phi) is 5.43. The van der Waals surface area contributed by atoms with E-state index >= 15 is 0 Å². The molecule has 0 bridgehead atoms. The zero-order valence-electron chi connectivity index (χ0n) is 15.6. The molecule has 0 saturated carbocycles. The van der Waals surface area contributed by atoms with Crippen molar-refractivity contribution in [3.8, 4) is 5.75 Å². The lowest BCUT2D eigenvalue weighted by molar-refractivity contribution is 0.210. The molecule has 3 heterocycles. The van der Waals surface area contributed by atoms with Gasteiger partial charge in [0, 0.05) is 24.7 Å². The molecule has 0 spiro atoms. The van der Waals surface area contributed by atoms with E-state index in [4.69, 9.17) is 4.74 Å². The van der Waals surface area contributed by atoms with Gasteiger partial charge in [-0.2, -0.15) is 0 Å². The SMILES string of the molecule is C=CCn1c(SCc2cn3ccccc3n2)nnc1C(C)Oc1ccccc1. The Hall–Kier alpha value is -3.06. The number of imidazole rings is 1. The van der Waals surface area contributed by atoms with Crippen LogP contribution in [-0.4, -0.2) is 24.1 Å². The average molecular weight is 392 g/mol. The molecule has 0 aliphatic heterocycles. The van der Waals surface area contributed by atoms with Gasteiger partial charge in [-0.25, -0.2) is 4.98 Å². The molecule has 1 unspecified atom stereocenters. The van der Waals surface area contributed by atoms with Crippen molar-refractivity contribution in [2.75, 3.05) is 0 Å². The number of fused-ring (bicyclic) bond motifs is 1. The van der Waals surface area contributed by atoms with Crippen molar-refractivity contribution in [3.05, 3.63) is 85.1 Å². The molecule has 0 saturated heterocycles. The maximum absolute atomic E-state index is 6.02. The Balaban J connectivity index is 1.51. The molecule has 6 nitrogen and oxygen atoms in total. The van der Waals surface area contributed by atoms with Crippen LogP contribution in [0, 0.1) is 0 Å². The number of aromatic nitrogens is 5. The maximum Gasteiger partial charge on any atom is 0.192 e. The zero-order valence-corrected chi connectivity index (χ0v) is 16.4. The second-order valence-corrected chi connectivity index (χ2v) is 7.24. The second kappa shape index (κ2) is 8.31. The Morgan fingerprint density at radius 3 is 2.75 bits per heavy atom. The van der Waals surface area contributed by atoms with E-state index in [1.807, 2.05) is 82.9 Å². The fourth-order valence-electron chi connectivity index (χ4n) is 2.96. The first-order chi connectivity index (χ1) is 13.7. The Morgan fingerprint density at radius 1 is 1.14 bits per heavy atom. The van der Waals surface area contributed by atoms with Gasteiger partial charge >= 0.3 is 0 Å². The van der Waals surface area contributed by atoms with E-state index in [-0.39, 0.29) is 6.10 Å². The molecule has 4 rings (SSSR count). The van der Waals surface area contributed by atoms with Crippen LogP contribution in [0.2, 0.25) is 0 Å². The van der Waals surface area contributed by atoms with Gasteiger partial charge in [-0.1, -0.05) is 42.1 Å². The quantitative estimate of drug-likeness (QED) is 0.326. The lowest BCUT2D eigenvalue weighted by Crippen LogP contribution is -2.12. The first kappa shape index (κ1) is 18.3. The first-order valence-corrected chi connectivity index (χ1v) is 10.0. The van der Waals surface area contributed by atoms with Gasteiger partial charge < -0.3 is 9.14 Å². The summed E-state index contributed by atoms with van der Waals surface area (Å²) in [6, 6.07) is 15.7. The number of allylic oxidation sites excluding steroid dienone is 1. The lowest BCUT2D eigenvalue weighted by atomic mass is 10.3. The normalized spacial score (nSPS) is 12.2. The summed E-state index contributed by atoms with van der Waals surface area (Å²) in [7, 11) is 0. The fourth-order valence-corrected chi connectivity index (χ4v) is 3.80. The summed E-state index contributed by atoms with van der Waals surface area (Å²) in [5.41, 5.74) is 1.94. The monoisotopic (exact) mass is 391 g/mol. The minimum absolute atomic E-state index is 0.223. The van der Waals surface area contributed by atoms with Crippen LogP contribution in [0.15, 0.2) is 78.7 Å². The molecule has 28 heavy (non-hydrogen) atoms. The molecular formula is C21H21N5OS. The highest BCUT2D eigenvalue weighted by molar-refractivity contribution is 7.98. The summed E-state index contributed by atoms with van der Waals surface area (Å²) >= 11 is 1.61. The summed E-state index contributed by atoms with van der Waals surface area (Å²) in [5, 5.41) is 9.59. The Labute approximate surface area is 167 Å². The van der Waals surface area contributed by atoms with Gasteiger partial charge in [-0.15, -0.1) is 16.8 Å². The van der Waals surface area contributed by atoms with E-state index in [2.05, 4.69) is 21.8 Å². The van der Waals surface area contributed by atoms with E-state index in [9.17, 15) is 0 Å². The molecule has 4 aromatic rings. The van der Waals surface area contributed by atoms with Crippen LogP contribution in [-0.2, 0) is 12.3 Å². The van der Waals surface area contributed by atoms with Crippen molar-refractivity contribution in [2.45, 2.75) is 30.5 Å². The van der Waals surface area contributed by atoms with E-state index in [1.54, 1.807) is 11.8 Å². The van der Waals surface area contributed by atoms with E-state index < -0.39 is 0 Å². The van der Waals surface area contributed by atoms with Crippen LogP contribution in [0.1, 0.15) is 24.5 Å². The third-order valence-electron chi connectivity index (χ3n) is 4.24. The van der Waals surface area contributed by atoms with Gasteiger partial charge in [-0.05, 0) is 31.2 Å². The van der Waals surface area contributed by atoms with Crippen molar-refractivity contribution in [3.63, 3.8) is 0 Å². The highest BCUT2D eigenvalue weighted by Gasteiger charge is 2.19. The molecule has 7 heteroatoms. The number of nitrogens with zero attached hydrogens (tertiary/aromatic N) is 5. The molecule has 1 aromatic carbocycles. The minimum atomic E-state index is -0.223. The van der Waals surface area contributed by atoms with E-state index in [1.165, 1.54) is 0 Å². The third kappa shape index (κ3) is 3.94. The van der Waals surface area contributed by atoms with Crippen molar-refractivity contribution >= 4 is 17.4 Å². The number of benzene rings is 1. The Morgan fingerprint density at radius 2 is 1.96 bits per heavy atom. The van der Waals surface area contributed by atoms with Crippen molar-refractivity contribution in [1.29, 1.82) is 0 Å². The lowest BCUT2D eigenvalue weighted by Gasteiger charge is -2.15. The van der Waals surface area contributed by atoms with E-state index in [0.29, 0.717) is 12.3 Å². The predicted molar refractivity (Wildman–Crippen MR) is 110 cm³/mol. The summed E-state index contributed by atoms with van der Waals surface area (Å²) in [5.74, 6) is 2.30. The molecule has 0 aliphatic carbocycles. The number of para-hydroxylation sites is 1. The number of rotatable bonds is 8. The smallest absolute Gasteiger partial charge is 0.192 e. The van der Waals surface area contributed by atoms with E-state index in [0.717, 1.165) is 28.1 Å². The van der Waals surface area contributed by atoms with Gasteiger partial charge in [0.2, 0.25) is 0 Å². The molecule has 0 amide bonds. The van der Waals surface area contributed by atoms with Crippen molar-refractivity contribution in [1.82, 2.24) is 24.1 Å². The largest absolute Gasteiger partial charge is 0.483 e. The summed E-state index contributed by atoms with van der Waals surface area (Å²) in [4.78, 5) is 4.64. The third-order valence-corrected chi connectivity index (χ3v) is 5.24. The number of thioether (sulfide) groups is 1. The minimum Gasteiger partial charge on any atom is -0.483 e.